The molecule has 0 saturated heterocycles. The van der Waals surface area contributed by atoms with E-state index in [1.54, 1.807) is 25.3 Å². The molecular formula is C29H32N2O5S. The molecule has 0 saturated carbocycles. The molecule has 2 heterocycles. The normalized spacial score (nSPS) is 15.6. The van der Waals surface area contributed by atoms with Gasteiger partial charge in [0.1, 0.15) is 0 Å². The molecule has 0 aliphatic carbocycles. The zero-order chi connectivity index (χ0) is 26.7. The number of hydrogen-bond acceptors (Lipinski definition) is 7. The molecule has 0 amide bonds. The predicted molar refractivity (Wildman–Crippen MR) is 145 cm³/mol. The average Bonchev–Trinajstić information content (AvgIpc) is 3.14. The van der Waals surface area contributed by atoms with Gasteiger partial charge in [-0.15, -0.1) is 0 Å². The fourth-order valence-corrected chi connectivity index (χ4v) is 5.24. The van der Waals surface area contributed by atoms with Crippen molar-refractivity contribution >= 4 is 23.4 Å². The molecule has 1 aliphatic heterocycles. The minimum Gasteiger partial charge on any atom is -0.490 e. The highest BCUT2D eigenvalue weighted by molar-refractivity contribution is 7.07. The highest BCUT2D eigenvalue weighted by atomic mass is 32.1. The number of rotatable bonds is 8. The summed E-state index contributed by atoms with van der Waals surface area (Å²) in [6.07, 6.45) is 1.53. The van der Waals surface area contributed by atoms with E-state index >= 15 is 0 Å². The van der Waals surface area contributed by atoms with Crippen molar-refractivity contribution in [3.05, 3.63) is 90.6 Å². The Morgan fingerprint density at radius 3 is 2.46 bits per heavy atom. The minimum absolute atomic E-state index is 0.00607. The smallest absolute Gasteiger partial charge is 0.338 e. The lowest BCUT2D eigenvalue weighted by Crippen LogP contribution is -2.40. The van der Waals surface area contributed by atoms with Crippen molar-refractivity contribution in [2.75, 3.05) is 6.61 Å². The summed E-state index contributed by atoms with van der Waals surface area (Å²) in [5.41, 5.74) is 2.31. The van der Waals surface area contributed by atoms with Crippen molar-refractivity contribution < 1.29 is 19.0 Å². The number of thiazole rings is 1. The van der Waals surface area contributed by atoms with Crippen molar-refractivity contribution in [2.45, 2.75) is 59.8 Å². The number of allylic oxidation sites excluding steroid dienone is 1. The first-order chi connectivity index (χ1) is 17.7. The Bertz CT molecular complexity index is 1500. The molecular weight excluding hydrogens is 488 g/mol. The van der Waals surface area contributed by atoms with Crippen molar-refractivity contribution in [1.82, 2.24) is 4.57 Å². The third-order valence-corrected chi connectivity index (χ3v) is 6.61. The number of ether oxygens (including phenoxy) is 3. The van der Waals surface area contributed by atoms with Gasteiger partial charge >= 0.3 is 5.97 Å². The van der Waals surface area contributed by atoms with Crippen molar-refractivity contribution in [1.29, 1.82) is 0 Å². The average molecular weight is 521 g/mol. The van der Waals surface area contributed by atoms with Gasteiger partial charge in [0, 0.05) is 0 Å². The Balaban J connectivity index is 1.86. The Morgan fingerprint density at radius 2 is 1.81 bits per heavy atom. The molecule has 4 rings (SSSR count). The SMILES string of the molecule is CCOc1cc(C=c2sc3n(c2=O)C(c2ccccc2)C(C(=O)OC(C)C)=C(C)N=3)ccc1OC(C)C. The zero-order valence-electron chi connectivity index (χ0n) is 22.0. The van der Waals surface area contributed by atoms with E-state index in [0.717, 1.165) is 11.1 Å². The number of hydrogen-bond donors (Lipinski definition) is 0. The highest BCUT2D eigenvalue weighted by Crippen LogP contribution is 2.31. The summed E-state index contributed by atoms with van der Waals surface area (Å²) >= 11 is 1.29. The Morgan fingerprint density at radius 1 is 1.08 bits per heavy atom. The van der Waals surface area contributed by atoms with Gasteiger partial charge in [-0.2, -0.15) is 0 Å². The second kappa shape index (κ2) is 11.2. The van der Waals surface area contributed by atoms with Crippen LogP contribution < -0.4 is 24.4 Å². The molecule has 7 nitrogen and oxygen atoms in total. The predicted octanol–water partition coefficient (Wildman–Crippen LogP) is 4.37. The molecule has 2 aromatic carbocycles. The topological polar surface area (TPSA) is 79.1 Å². The summed E-state index contributed by atoms with van der Waals surface area (Å²) in [7, 11) is 0. The van der Waals surface area contributed by atoms with Gasteiger partial charge in [0.25, 0.3) is 5.56 Å². The summed E-state index contributed by atoms with van der Waals surface area (Å²) in [5.74, 6) is 0.805. The lowest BCUT2D eigenvalue weighted by atomic mass is 9.96. The number of carbonyl (C=O) groups is 1. The van der Waals surface area contributed by atoms with Gasteiger partial charge in [-0.05, 0) is 70.9 Å². The van der Waals surface area contributed by atoms with Gasteiger partial charge in [-0.3, -0.25) is 9.36 Å². The maximum absolute atomic E-state index is 13.8. The van der Waals surface area contributed by atoms with E-state index in [-0.39, 0.29) is 17.8 Å². The Kier molecular flexibility index (Phi) is 7.97. The van der Waals surface area contributed by atoms with Crippen LogP contribution in [0.1, 0.15) is 58.7 Å². The summed E-state index contributed by atoms with van der Waals surface area (Å²) < 4.78 is 19.3. The lowest BCUT2D eigenvalue weighted by molar-refractivity contribution is -0.143. The van der Waals surface area contributed by atoms with Crippen LogP contribution in [-0.2, 0) is 9.53 Å². The molecule has 0 spiro atoms. The van der Waals surface area contributed by atoms with Gasteiger partial charge in [0.15, 0.2) is 16.3 Å². The van der Waals surface area contributed by atoms with Crippen LogP contribution in [0.15, 0.2) is 69.6 Å². The summed E-state index contributed by atoms with van der Waals surface area (Å²) in [5, 5.41) is 0. The zero-order valence-corrected chi connectivity index (χ0v) is 22.8. The Hall–Kier alpha value is -3.65. The molecule has 1 aliphatic rings. The van der Waals surface area contributed by atoms with E-state index < -0.39 is 12.0 Å². The van der Waals surface area contributed by atoms with Gasteiger partial charge in [0.2, 0.25) is 0 Å². The number of carbonyl (C=O) groups excluding carboxylic acids is 1. The fourth-order valence-electron chi connectivity index (χ4n) is 4.20. The Labute approximate surface area is 220 Å². The molecule has 0 bridgehead atoms. The number of esters is 1. The first-order valence-corrected chi connectivity index (χ1v) is 13.2. The highest BCUT2D eigenvalue weighted by Gasteiger charge is 2.33. The second-order valence-corrected chi connectivity index (χ2v) is 10.3. The molecule has 1 atom stereocenters. The summed E-state index contributed by atoms with van der Waals surface area (Å²) in [4.78, 5) is 32.1. The molecule has 3 aromatic rings. The largest absolute Gasteiger partial charge is 0.490 e. The van der Waals surface area contributed by atoms with Crippen molar-refractivity contribution in [2.24, 2.45) is 4.99 Å². The van der Waals surface area contributed by atoms with Crippen molar-refractivity contribution in [3.8, 4) is 11.5 Å². The van der Waals surface area contributed by atoms with Crippen LogP contribution >= 0.6 is 11.3 Å². The number of nitrogens with zero attached hydrogens (tertiary/aromatic N) is 2. The van der Waals surface area contributed by atoms with E-state index in [1.165, 1.54) is 11.3 Å². The summed E-state index contributed by atoms with van der Waals surface area (Å²) in [6, 6.07) is 14.5. The van der Waals surface area contributed by atoms with Crippen LogP contribution in [0.5, 0.6) is 11.5 Å². The molecule has 8 heteroatoms. The van der Waals surface area contributed by atoms with Crippen LogP contribution in [0.25, 0.3) is 6.08 Å². The fraction of sp³-hybridized carbons (Fsp3) is 0.345. The quantitative estimate of drug-likeness (QED) is 0.412. The maximum atomic E-state index is 13.8. The maximum Gasteiger partial charge on any atom is 0.338 e. The number of aromatic nitrogens is 1. The molecule has 194 valence electrons. The standard InChI is InChI=1S/C29H32N2O5S/c1-7-34-23-15-20(13-14-22(23)35-17(2)3)16-24-27(32)31-26(21-11-9-8-10-12-21)25(28(33)36-18(4)5)19(6)30-29(31)37-24/h8-18,26H,7H2,1-6H3. The molecule has 1 unspecified atom stereocenters. The van der Waals surface area contributed by atoms with Crippen molar-refractivity contribution in [3.63, 3.8) is 0 Å². The van der Waals surface area contributed by atoms with E-state index in [9.17, 15) is 9.59 Å². The second-order valence-electron chi connectivity index (χ2n) is 9.25. The van der Waals surface area contributed by atoms with Crippen LogP contribution in [0.3, 0.4) is 0 Å². The first kappa shape index (κ1) is 26.4. The van der Waals surface area contributed by atoms with Crippen LogP contribution in [-0.4, -0.2) is 29.4 Å². The monoisotopic (exact) mass is 520 g/mol. The molecule has 0 N–H and O–H groups in total. The molecule has 0 fully saturated rings. The van der Waals surface area contributed by atoms with Gasteiger partial charge < -0.3 is 14.2 Å². The molecule has 0 radical (unpaired) electrons. The van der Waals surface area contributed by atoms with E-state index in [2.05, 4.69) is 4.99 Å². The van der Waals surface area contributed by atoms with Gasteiger partial charge in [0.05, 0.1) is 40.7 Å². The molecule has 37 heavy (non-hydrogen) atoms. The van der Waals surface area contributed by atoms with Gasteiger partial charge in [-0.1, -0.05) is 47.7 Å². The minimum atomic E-state index is -0.633. The third-order valence-electron chi connectivity index (χ3n) is 5.63. The first-order valence-electron chi connectivity index (χ1n) is 12.4. The third kappa shape index (κ3) is 5.69. The molecule has 1 aromatic heterocycles. The van der Waals surface area contributed by atoms with Crippen LogP contribution in [0.4, 0.5) is 0 Å². The van der Waals surface area contributed by atoms with Crippen LogP contribution in [0, 0.1) is 0 Å². The number of fused-ring (bicyclic) bond motifs is 1. The van der Waals surface area contributed by atoms with E-state index in [1.807, 2.05) is 75.4 Å². The summed E-state index contributed by atoms with van der Waals surface area (Å²) in [6.45, 7) is 11.7. The van der Waals surface area contributed by atoms with Gasteiger partial charge in [-0.25, -0.2) is 9.79 Å². The van der Waals surface area contributed by atoms with E-state index in [0.29, 0.717) is 38.7 Å². The van der Waals surface area contributed by atoms with E-state index in [4.69, 9.17) is 14.2 Å². The number of benzene rings is 2. The van der Waals surface area contributed by atoms with Crippen LogP contribution in [0.2, 0.25) is 0 Å². The lowest BCUT2D eigenvalue weighted by Gasteiger charge is -2.25.